The zero-order valence-electron chi connectivity index (χ0n) is 19.2. The van der Waals surface area contributed by atoms with Gasteiger partial charge in [0.15, 0.2) is 0 Å². The number of nitrogens with zero attached hydrogens (tertiary/aromatic N) is 3. The van der Waals surface area contributed by atoms with Crippen LogP contribution in [0.1, 0.15) is 55.6 Å². The number of anilines is 2. The molecule has 1 saturated heterocycles. The minimum Gasteiger partial charge on any atom is -0.444 e. The molecule has 2 unspecified atom stereocenters. The van der Waals surface area contributed by atoms with Crippen LogP contribution in [0.3, 0.4) is 0 Å². The number of likely N-dealkylation sites (tertiary alicyclic amines) is 1. The first-order valence-corrected chi connectivity index (χ1v) is 11.4. The minimum atomic E-state index is -0.561. The quantitative estimate of drug-likeness (QED) is 0.681. The van der Waals surface area contributed by atoms with Gasteiger partial charge in [-0.15, -0.1) is 0 Å². The molecule has 3 N–H and O–H groups in total. The molecule has 0 spiro atoms. The molecule has 0 bridgehead atoms. The first-order valence-electron chi connectivity index (χ1n) is 11.0. The Labute approximate surface area is 197 Å². The lowest BCUT2D eigenvalue weighted by molar-refractivity contribution is 0.0279. The molecule has 1 saturated carbocycles. The van der Waals surface area contributed by atoms with Crippen molar-refractivity contribution in [3.05, 3.63) is 40.3 Å². The highest BCUT2D eigenvalue weighted by Crippen LogP contribution is 2.47. The number of nitrogens with two attached hydrogens (primary N) is 1. The van der Waals surface area contributed by atoms with E-state index in [1.807, 2.05) is 20.8 Å². The predicted molar refractivity (Wildman–Crippen MR) is 124 cm³/mol. The molecule has 8 nitrogen and oxygen atoms in total. The molecule has 1 aromatic carbocycles. The number of fused-ring (bicyclic) bond motifs is 1. The number of halogens is 2. The maximum Gasteiger partial charge on any atom is 0.410 e. The lowest BCUT2D eigenvalue weighted by atomic mass is 9.97. The summed E-state index contributed by atoms with van der Waals surface area (Å²) in [6.45, 7) is 6.84. The number of ether oxygens (including phenoxy) is 1. The number of hydrogen-bond donors (Lipinski definition) is 2. The number of carbonyl (C=O) groups excluding carboxylic acids is 2. The van der Waals surface area contributed by atoms with Crippen LogP contribution in [-0.4, -0.2) is 45.4 Å². The van der Waals surface area contributed by atoms with Crippen LogP contribution >= 0.6 is 11.6 Å². The number of amides is 2. The Morgan fingerprint density at radius 3 is 2.45 bits per heavy atom. The van der Waals surface area contributed by atoms with Crippen molar-refractivity contribution >= 4 is 35.1 Å². The van der Waals surface area contributed by atoms with Crippen LogP contribution in [0, 0.1) is 17.7 Å². The van der Waals surface area contributed by atoms with Gasteiger partial charge in [-0.3, -0.25) is 9.48 Å². The Hall–Kier alpha value is -2.81. The molecule has 2 heterocycles. The van der Waals surface area contributed by atoms with E-state index < -0.39 is 17.3 Å². The van der Waals surface area contributed by atoms with Crippen molar-refractivity contribution in [1.29, 1.82) is 0 Å². The molecule has 4 rings (SSSR count). The highest BCUT2D eigenvalue weighted by Gasteiger charge is 2.45. The number of benzene rings is 1. The monoisotopic (exact) mass is 477 g/mol. The van der Waals surface area contributed by atoms with E-state index in [-0.39, 0.29) is 22.9 Å². The van der Waals surface area contributed by atoms with Gasteiger partial charge in [0.2, 0.25) is 0 Å². The summed E-state index contributed by atoms with van der Waals surface area (Å²) in [5.41, 5.74) is 7.02. The highest BCUT2D eigenvalue weighted by molar-refractivity contribution is 6.31. The molecule has 10 heteroatoms. The number of aryl methyl sites for hydroxylation is 1. The van der Waals surface area contributed by atoms with Crippen molar-refractivity contribution in [3.63, 3.8) is 0 Å². The van der Waals surface area contributed by atoms with Crippen LogP contribution in [0.2, 0.25) is 5.02 Å². The fourth-order valence-electron chi connectivity index (χ4n) is 4.84. The van der Waals surface area contributed by atoms with Crippen molar-refractivity contribution in [1.82, 2.24) is 14.7 Å². The minimum absolute atomic E-state index is 0.0573. The van der Waals surface area contributed by atoms with Gasteiger partial charge in [0.25, 0.3) is 5.91 Å². The number of aromatic nitrogens is 2. The Balaban J connectivity index is 1.48. The molecule has 2 amide bonds. The van der Waals surface area contributed by atoms with E-state index in [2.05, 4.69) is 10.4 Å². The summed E-state index contributed by atoms with van der Waals surface area (Å²) in [4.78, 5) is 27.3. The highest BCUT2D eigenvalue weighted by atomic mass is 35.5. The Morgan fingerprint density at radius 1 is 1.24 bits per heavy atom. The zero-order valence-corrected chi connectivity index (χ0v) is 19.9. The van der Waals surface area contributed by atoms with Crippen molar-refractivity contribution in [3.8, 4) is 0 Å². The third kappa shape index (κ3) is 4.78. The molecule has 178 valence electrons. The van der Waals surface area contributed by atoms with Crippen LogP contribution in [0.5, 0.6) is 0 Å². The Bertz CT molecular complexity index is 1080. The molecular formula is C23H29ClFN5O3. The van der Waals surface area contributed by atoms with Gasteiger partial charge in [-0.2, -0.15) is 5.10 Å². The molecule has 1 aliphatic heterocycles. The van der Waals surface area contributed by atoms with Crippen LogP contribution in [0.4, 0.5) is 20.7 Å². The average molecular weight is 478 g/mol. The van der Waals surface area contributed by atoms with Crippen LogP contribution in [0.15, 0.2) is 18.2 Å². The van der Waals surface area contributed by atoms with Gasteiger partial charge < -0.3 is 20.7 Å². The fourth-order valence-corrected chi connectivity index (χ4v) is 5.02. The van der Waals surface area contributed by atoms with E-state index in [1.54, 1.807) is 11.9 Å². The second-order valence-electron chi connectivity index (χ2n) is 9.93. The zero-order chi connectivity index (χ0) is 24.1. The summed E-state index contributed by atoms with van der Waals surface area (Å²) in [5, 5.41) is 7.22. The topological polar surface area (TPSA) is 102 Å². The summed E-state index contributed by atoms with van der Waals surface area (Å²) in [6.07, 6.45) is 1.33. The number of nitrogen functional groups attached to an aromatic ring is 1. The molecule has 1 aliphatic carbocycles. The first-order chi connectivity index (χ1) is 15.4. The summed E-state index contributed by atoms with van der Waals surface area (Å²) >= 11 is 5.83. The predicted octanol–water partition coefficient (Wildman–Crippen LogP) is 4.41. The van der Waals surface area contributed by atoms with Crippen molar-refractivity contribution in [2.45, 2.75) is 45.1 Å². The maximum absolute atomic E-state index is 13.5. The van der Waals surface area contributed by atoms with Crippen molar-refractivity contribution in [2.24, 2.45) is 18.9 Å². The van der Waals surface area contributed by atoms with Gasteiger partial charge in [0, 0.05) is 31.7 Å². The van der Waals surface area contributed by atoms with Gasteiger partial charge in [-0.25, -0.2) is 9.18 Å². The average Bonchev–Trinajstić information content (AvgIpc) is 3.35. The van der Waals surface area contributed by atoms with Crippen LogP contribution in [-0.2, 0) is 11.8 Å². The molecule has 2 aliphatic rings. The van der Waals surface area contributed by atoms with Gasteiger partial charge in [0.05, 0.1) is 10.7 Å². The van der Waals surface area contributed by atoms with E-state index in [9.17, 15) is 14.0 Å². The molecule has 2 atom stereocenters. The Kier molecular flexibility index (Phi) is 6.03. The molecule has 33 heavy (non-hydrogen) atoms. The summed E-state index contributed by atoms with van der Waals surface area (Å²) in [7, 11) is 1.70. The lowest BCUT2D eigenvalue weighted by Gasteiger charge is -2.25. The van der Waals surface area contributed by atoms with E-state index in [0.717, 1.165) is 12.8 Å². The molecular weight excluding hydrogens is 449 g/mol. The fraction of sp³-hybridized carbons (Fsp3) is 0.522. The third-order valence-corrected chi connectivity index (χ3v) is 6.60. The van der Waals surface area contributed by atoms with Gasteiger partial charge in [-0.1, -0.05) is 11.6 Å². The summed E-state index contributed by atoms with van der Waals surface area (Å²) < 4.78 is 20.5. The summed E-state index contributed by atoms with van der Waals surface area (Å²) in [6, 6.07) is 3.99. The normalized spacial score (nSPS) is 22.4. The molecule has 0 radical (unpaired) electrons. The van der Waals surface area contributed by atoms with E-state index in [1.165, 1.54) is 22.9 Å². The summed E-state index contributed by atoms with van der Waals surface area (Å²) in [5.74, 6) is -0.0139. The second kappa shape index (κ2) is 8.52. The SMILES string of the molecule is Cn1nc(C2CC3CN(C(=O)OC(C)(C)C)CC3C2)c(C(=O)Nc2ccc(F)c(Cl)c2)c1N. The van der Waals surface area contributed by atoms with Gasteiger partial charge in [-0.05, 0) is 63.6 Å². The van der Waals surface area contributed by atoms with Crippen molar-refractivity contribution < 1.29 is 18.7 Å². The maximum atomic E-state index is 13.5. The number of nitrogens with one attached hydrogen (secondary N) is 1. The van der Waals surface area contributed by atoms with Crippen molar-refractivity contribution in [2.75, 3.05) is 24.1 Å². The molecule has 2 aromatic rings. The molecule has 1 aromatic heterocycles. The third-order valence-electron chi connectivity index (χ3n) is 6.31. The Morgan fingerprint density at radius 2 is 1.88 bits per heavy atom. The van der Waals surface area contributed by atoms with Gasteiger partial charge >= 0.3 is 6.09 Å². The number of hydrogen-bond acceptors (Lipinski definition) is 5. The first kappa shape index (κ1) is 23.4. The van der Waals surface area contributed by atoms with E-state index in [0.29, 0.717) is 41.9 Å². The van der Waals surface area contributed by atoms with E-state index in [4.69, 9.17) is 22.1 Å². The molecule has 2 fully saturated rings. The largest absolute Gasteiger partial charge is 0.444 e. The lowest BCUT2D eigenvalue weighted by Crippen LogP contribution is -2.36. The van der Waals surface area contributed by atoms with Crippen LogP contribution < -0.4 is 11.1 Å². The number of rotatable bonds is 3. The van der Waals surface area contributed by atoms with E-state index >= 15 is 0 Å². The second-order valence-corrected chi connectivity index (χ2v) is 10.3. The standard InChI is InChI=1S/C23H29ClFN5O3/c1-23(2,3)33-22(32)30-10-13-7-12(8-14(13)11-30)19-18(20(26)29(4)28-19)21(31)27-15-5-6-17(25)16(24)9-15/h5-6,9,12-14H,7-8,10-11,26H2,1-4H3,(H,27,31). The smallest absolute Gasteiger partial charge is 0.410 e. The van der Waals surface area contributed by atoms with Crippen LogP contribution in [0.25, 0.3) is 0 Å². The number of carbonyl (C=O) groups is 2. The van der Waals surface area contributed by atoms with Gasteiger partial charge in [0.1, 0.15) is 22.8 Å².